The topological polar surface area (TPSA) is 0 Å². The number of hydrogen-bond donors (Lipinski definition) is 0. The minimum Gasteiger partial charge on any atom is -0.0622 e. The fraction of sp³-hybridized carbons (Fsp3) is 0. The molecule has 0 spiro atoms. The summed E-state index contributed by atoms with van der Waals surface area (Å²) >= 11 is 0. The minimum atomic E-state index is 1.19. The van der Waals surface area contributed by atoms with Crippen molar-refractivity contribution in [3.8, 4) is 66.8 Å². The SMILES string of the molecule is c1ccc(-c2c3ccccc3c(-c3ccc4cc5c6c(-c7cccc(-c8ccc(-c9cccc%10ccccc9%10)cc8)c7)c7c(cc8c9ccccc9c9cccc7c98)c(-c7ccccc7)c6c6cccc(c4c3)c65)c3ccccc23)cc1. The Hall–Kier alpha value is -10.7. The molecule has 0 nitrogen and oxygen atoms in total. The van der Waals surface area contributed by atoms with Gasteiger partial charge in [0.2, 0.25) is 0 Å². The summed E-state index contributed by atoms with van der Waals surface area (Å²) in [6.45, 7) is 0. The van der Waals surface area contributed by atoms with Crippen molar-refractivity contribution < 1.29 is 0 Å². The van der Waals surface area contributed by atoms with Crippen LogP contribution in [0.25, 0.3) is 185 Å². The Morgan fingerprint density at radius 1 is 0.134 bits per heavy atom. The molecule has 0 unspecified atom stereocenters. The van der Waals surface area contributed by atoms with E-state index in [0.29, 0.717) is 0 Å². The maximum Gasteiger partial charge on any atom is -0.000697 e. The molecule has 0 saturated carbocycles. The monoisotopic (exact) mass is 1030 g/mol. The zero-order valence-corrected chi connectivity index (χ0v) is 44.7. The Kier molecular flexibility index (Phi) is 9.61. The number of hydrogen-bond acceptors (Lipinski definition) is 0. The van der Waals surface area contributed by atoms with Crippen LogP contribution in [0.1, 0.15) is 0 Å². The Morgan fingerprint density at radius 3 is 1.27 bits per heavy atom. The quantitative estimate of drug-likeness (QED) is 0.115. The van der Waals surface area contributed by atoms with Crippen LogP contribution in [-0.4, -0.2) is 0 Å². The van der Waals surface area contributed by atoms with E-state index in [4.69, 9.17) is 0 Å². The van der Waals surface area contributed by atoms with Crippen molar-refractivity contribution in [3.63, 3.8) is 0 Å². The van der Waals surface area contributed by atoms with Crippen LogP contribution in [0.3, 0.4) is 0 Å². The summed E-state index contributed by atoms with van der Waals surface area (Å²) in [7, 11) is 0. The highest BCUT2D eigenvalue weighted by Gasteiger charge is 2.28. The van der Waals surface area contributed by atoms with Crippen molar-refractivity contribution in [2.75, 3.05) is 0 Å². The standard InChI is InChI=1S/C82H48/c1-3-20-52(21-4-1)74-63-30-11-13-32-65(63)75(66-33-14-12-31-64(66)74)57-44-43-55-46-72-79-67(70(55)47-57)36-18-38-69(79)81-76(53-22-5-2-6-23-53)73-48-71-61-29-10-9-28-60(61)62-35-17-37-68(78(62)71)80(73)77(82(72)81)56-26-15-25-54(45-56)49-39-41-51(42-40-49)59-34-16-24-50-19-7-8-27-58(50)59/h1-48H. The molecule has 18 rings (SSSR count). The Morgan fingerprint density at radius 2 is 0.573 bits per heavy atom. The molecule has 0 atom stereocenters. The van der Waals surface area contributed by atoms with Crippen molar-refractivity contribution in [2.24, 2.45) is 0 Å². The van der Waals surface area contributed by atoms with Gasteiger partial charge in [-0.1, -0.05) is 267 Å². The molecule has 18 aromatic rings. The van der Waals surface area contributed by atoms with E-state index in [-0.39, 0.29) is 0 Å². The highest BCUT2D eigenvalue weighted by Crippen LogP contribution is 2.56. The van der Waals surface area contributed by atoms with Crippen molar-refractivity contribution in [3.05, 3.63) is 291 Å². The number of rotatable bonds is 6. The first kappa shape index (κ1) is 45.2. The van der Waals surface area contributed by atoms with Crippen LogP contribution < -0.4 is 0 Å². The maximum absolute atomic E-state index is 2.55. The van der Waals surface area contributed by atoms with E-state index in [0.717, 1.165) is 0 Å². The molecule has 18 aromatic carbocycles. The second-order valence-corrected chi connectivity index (χ2v) is 22.5. The van der Waals surface area contributed by atoms with E-state index in [2.05, 4.69) is 291 Å². The van der Waals surface area contributed by atoms with Gasteiger partial charge < -0.3 is 0 Å². The first-order valence-electron chi connectivity index (χ1n) is 28.6. The zero-order chi connectivity index (χ0) is 53.6. The summed E-state index contributed by atoms with van der Waals surface area (Å²) in [6, 6.07) is 110. The summed E-state index contributed by atoms with van der Waals surface area (Å²) < 4.78 is 0. The zero-order valence-electron chi connectivity index (χ0n) is 44.7. The molecule has 0 radical (unpaired) electrons. The first-order valence-corrected chi connectivity index (χ1v) is 28.6. The lowest BCUT2D eigenvalue weighted by atomic mass is 9.83. The second-order valence-electron chi connectivity index (χ2n) is 22.5. The Balaban J connectivity index is 0.949. The third kappa shape index (κ3) is 6.43. The smallest absolute Gasteiger partial charge is 0.000697 e. The van der Waals surface area contributed by atoms with Gasteiger partial charge in [-0.25, -0.2) is 0 Å². The van der Waals surface area contributed by atoms with E-state index in [1.165, 1.54) is 185 Å². The van der Waals surface area contributed by atoms with Gasteiger partial charge in [0.05, 0.1) is 0 Å². The summed E-state index contributed by atoms with van der Waals surface area (Å²) in [6.07, 6.45) is 0. The second kappa shape index (κ2) is 17.4. The van der Waals surface area contributed by atoms with E-state index in [9.17, 15) is 0 Å². The molecule has 0 heterocycles. The molecular weight excluding hydrogens is 985 g/mol. The molecule has 0 aliphatic heterocycles. The average Bonchev–Trinajstić information content (AvgIpc) is 1.63. The van der Waals surface area contributed by atoms with Gasteiger partial charge in [0.1, 0.15) is 0 Å². The molecule has 0 saturated heterocycles. The van der Waals surface area contributed by atoms with Crippen LogP contribution in [0, 0.1) is 0 Å². The molecular formula is C82H48. The maximum atomic E-state index is 2.55. The fourth-order valence-corrected chi connectivity index (χ4v) is 14.9. The van der Waals surface area contributed by atoms with Crippen molar-refractivity contribution in [2.45, 2.75) is 0 Å². The van der Waals surface area contributed by atoms with Crippen molar-refractivity contribution in [1.82, 2.24) is 0 Å². The molecule has 376 valence electrons. The van der Waals surface area contributed by atoms with Crippen LogP contribution in [0.4, 0.5) is 0 Å². The lowest BCUT2D eigenvalue weighted by molar-refractivity contribution is 1.60. The van der Waals surface area contributed by atoms with Crippen LogP contribution in [0.15, 0.2) is 291 Å². The van der Waals surface area contributed by atoms with E-state index in [1.807, 2.05) is 0 Å². The highest BCUT2D eigenvalue weighted by molar-refractivity contribution is 6.46. The summed E-state index contributed by atoms with van der Waals surface area (Å²) in [4.78, 5) is 0. The van der Waals surface area contributed by atoms with Crippen LogP contribution in [-0.2, 0) is 0 Å². The molecule has 0 aromatic heterocycles. The average molecular weight is 1030 g/mol. The predicted octanol–water partition coefficient (Wildman–Crippen LogP) is 23.2. The van der Waals surface area contributed by atoms with Crippen LogP contribution in [0.2, 0.25) is 0 Å². The Labute approximate surface area is 473 Å². The number of benzene rings is 16. The lowest BCUT2D eigenvalue weighted by Crippen LogP contribution is -1.92. The first-order chi connectivity index (χ1) is 40.7. The number of fused-ring (bicyclic) bond motifs is 13. The molecule has 0 N–H and O–H groups in total. The van der Waals surface area contributed by atoms with E-state index >= 15 is 0 Å². The summed E-state index contributed by atoms with van der Waals surface area (Å²) in [5, 5.41) is 28.2. The van der Waals surface area contributed by atoms with Gasteiger partial charge in [-0.3, -0.25) is 0 Å². The molecule has 0 fully saturated rings. The molecule has 0 aliphatic rings. The third-order valence-corrected chi connectivity index (χ3v) is 18.3. The molecule has 0 bridgehead atoms. The summed E-state index contributed by atoms with van der Waals surface area (Å²) in [5.41, 5.74) is 14.9. The van der Waals surface area contributed by atoms with E-state index in [1.54, 1.807) is 0 Å². The van der Waals surface area contributed by atoms with Gasteiger partial charge in [0.25, 0.3) is 0 Å². The van der Waals surface area contributed by atoms with Crippen molar-refractivity contribution in [1.29, 1.82) is 0 Å². The largest absolute Gasteiger partial charge is 0.0622 e. The van der Waals surface area contributed by atoms with E-state index < -0.39 is 0 Å². The lowest BCUT2D eigenvalue weighted by Gasteiger charge is -2.19. The van der Waals surface area contributed by atoms with Gasteiger partial charge in [-0.15, -0.1) is 0 Å². The van der Waals surface area contributed by atoms with Crippen molar-refractivity contribution >= 4 is 118 Å². The molecule has 0 heteroatoms. The van der Waals surface area contributed by atoms with Gasteiger partial charge >= 0.3 is 0 Å². The molecule has 82 heavy (non-hydrogen) atoms. The molecule has 0 aliphatic carbocycles. The van der Waals surface area contributed by atoms with Crippen LogP contribution in [0.5, 0.6) is 0 Å². The van der Waals surface area contributed by atoms with Gasteiger partial charge in [-0.2, -0.15) is 0 Å². The third-order valence-electron chi connectivity index (χ3n) is 18.3. The predicted molar refractivity (Wildman–Crippen MR) is 354 cm³/mol. The highest BCUT2D eigenvalue weighted by atomic mass is 14.3. The van der Waals surface area contributed by atoms with Gasteiger partial charge in [-0.05, 0) is 210 Å². The summed E-state index contributed by atoms with van der Waals surface area (Å²) in [5.74, 6) is 0. The minimum absolute atomic E-state index is 1.19. The normalized spacial score (nSPS) is 12.1. The van der Waals surface area contributed by atoms with Crippen LogP contribution >= 0.6 is 0 Å². The van der Waals surface area contributed by atoms with Gasteiger partial charge in [0.15, 0.2) is 0 Å². The Bertz CT molecular complexity index is 5590. The van der Waals surface area contributed by atoms with Gasteiger partial charge in [0, 0.05) is 0 Å². The fourth-order valence-electron chi connectivity index (χ4n) is 14.9. The molecule has 0 amide bonds.